The number of carbonyl (C=O) groups is 2. The van der Waals surface area contributed by atoms with Gasteiger partial charge < -0.3 is 9.47 Å². The summed E-state index contributed by atoms with van der Waals surface area (Å²) in [5.74, 6) is -0.350. The second kappa shape index (κ2) is 9.76. The molecule has 142 valence electrons. The Balaban J connectivity index is 1.85. The van der Waals surface area contributed by atoms with Gasteiger partial charge in [0.25, 0.3) is 17.5 Å². The van der Waals surface area contributed by atoms with Crippen molar-refractivity contribution in [3.8, 4) is 11.5 Å². The molecule has 0 fully saturated rings. The van der Waals surface area contributed by atoms with Crippen LogP contribution in [0.25, 0.3) is 0 Å². The van der Waals surface area contributed by atoms with Gasteiger partial charge in [-0.15, -0.1) is 0 Å². The Bertz CT molecular complexity index is 824. The number of benzene rings is 2. The molecule has 0 spiro atoms. The van der Waals surface area contributed by atoms with Gasteiger partial charge in [-0.3, -0.25) is 30.6 Å². The van der Waals surface area contributed by atoms with E-state index in [1.54, 1.807) is 24.3 Å². The maximum atomic E-state index is 12.0. The summed E-state index contributed by atoms with van der Waals surface area (Å²) in [6, 6.07) is 12.1. The van der Waals surface area contributed by atoms with Crippen molar-refractivity contribution in [2.24, 2.45) is 0 Å². The standard InChI is InChI=1S/C18H19N3O6/c1-2-10-26-15-8-3-4-9-16(15)27-12-17(22)19-20-18(23)13-6-5-7-14(11-13)21(24)25/h3-9,11H,2,10,12H2,1H3,(H,19,22)(H,20,23). The number of para-hydroxylation sites is 2. The van der Waals surface area contributed by atoms with E-state index in [9.17, 15) is 19.7 Å². The lowest BCUT2D eigenvalue weighted by Crippen LogP contribution is -2.43. The Labute approximate surface area is 155 Å². The molecule has 2 N–H and O–H groups in total. The van der Waals surface area contributed by atoms with Crippen LogP contribution < -0.4 is 20.3 Å². The molecule has 0 aromatic heterocycles. The van der Waals surface area contributed by atoms with Crippen molar-refractivity contribution in [1.82, 2.24) is 10.9 Å². The Morgan fingerprint density at radius 2 is 1.74 bits per heavy atom. The van der Waals surface area contributed by atoms with Crippen molar-refractivity contribution >= 4 is 17.5 Å². The molecule has 2 aromatic carbocycles. The molecule has 0 aliphatic rings. The average Bonchev–Trinajstić information content (AvgIpc) is 2.69. The van der Waals surface area contributed by atoms with Crippen molar-refractivity contribution in [1.29, 1.82) is 0 Å². The SMILES string of the molecule is CCCOc1ccccc1OCC(=O)NNC(=O)c1cccc([N+](=O)[O-])c1. The first-order chi connectivity index (χ1) is 13.0. The lowest BCUT2D eigenvalue weighted by molar-refractivity contribution is -0.384. The topological polar surface area (TPSA) is 120 Å². The van der Waals surface area contributed by atoms with E-state index in [-0.39, 0.29) is 17.9 Å². The number of amides is 2. The van der Waals surface area contributed by atoms with Gasteiger partial charge in [-0.2, -0.15) is 0 Å². The number of non-ortho nitro benzene ring substituents is 1. The van der Waals surface area contributed by atoms with E-state index in [1.807, 2.05) is 6.92 Å². The number of nitrogens with zero attached hydrogens (tertiary/aromatic N) is 1. The van der Waals surface area contributed by atoms with Crippen LogP contribution in [0.4, 0.5) is 5.69 Å². The Kier molecular flexibility index (Phi) is 7.12. The minimum Gasteiger partial charge on any atom is -0.490 e. The quantitative estimate of drug-likeness (QED) is 0.541. The van der Waals surface area contributed by atoms with Crippen molar-refractivity contribution in [3.63, 3.8) is 0 Å². The van der Waals surface area contributed by atoms with Gasteiger partial charge in [0.05, 0.1) is 11.5 Å². The van der Waals surface area contributed by atoms with Gasteiger partial charge >= 0.3 is 0 Å². The van der Waals surface area contributed by atoms with Gasteiger partial charge in [-0.1, -0.05) is 25.1 Å². The van der Waals surface area contributed by atoms with Crippen molar-refractivity contribution in [2.75, 3.05) is 13.2 Å². The number of nitro groups is 1. The van der Waals surface area contributed by atoms with Gasteiger partial charge in [0.15, 0.2) is 18.1 Å². The maximum Gasteiger partial charge on any atom is 0.276 e. The number of nitro benzene ring substituents is 1. The van der Waals surface area contributed by atoms with Gasteiger partial charge in [0.2, 0.25) is 0 Å². The van der Waals surface area contributed by atoms with Gasteiger partial charge in [-0.25, -0.2) is 0 Å². The molecule has 0 atom stereocenters. The summed E-state index contributed by atoms with van der Waals surface area (Å²) < 4.78 is 10.9. The molecular formula is C18H19N3O6. The van der Waals surface area contributed by atoms with Crippen LogP contribution in [0.3, 0.4) is 0 Å². The van der Waals surface area contributed by atoms with Gasteiger partial charge in [0.1, 0.15) is 0 Å². The fraction of sp³-hybridized carbons (Fsp3) is 0.222. The highest BCUT2D eigenvalue weighted by Crippen LogP contribution is 2.26. The predicted molar refractivity (Wildman–Crippen MR) is 96.4 cm³/mol. The molecule has 27 heavy (non-hydrogen) atoms. The third-order valence-electron chi connectivity index (χ3n) is 3.30. The highest BCUT2D eigenvalue weighted by Gasteiger charge is 2.13. The molecular weight excluding hydrogens is 354 g/mol. The van der Waals surface area contributed by atoms with E-state index in [4.69, 9.17) is 9.47 Å². The lowest BCUT2D eigenvalue weighted by Gasteiger charge is -2.12. The van der Waals surface area contributed by atoms with Crippen LogP contribution in [0, 0.1) is 10.1 Å². The van der Waals surface area contributed by atoms with E-state index in [0.717, 1.165) is 12.5 Å². The summed E-state index contributed by atoms with van der Waals surface area (Å²) in [7, 11) is 0. The first-order valence-corrected chi connectivity index (χ1v) is 8.19. The van der Waals surface area contributed by atoms with Crippen molar-refractivity contribution < 1.29 is 24.0 Å². The highest BCUT2D eigenvalue weighted by atomic mass is 16.6. The zero-order chi connectivity index (χ0) is 19.6. The number of hydrazine groups is 1. The maximum absolute atomic E-state index is 12.0. The number of nitrogens with one attached hydrogen (secondary N) is 2. The van der Waals surface area contributed by atoms with Crippen LogP contribution in [0.2, 0.25) is 0 Å². The third kappa shape index (κ3) is 5.99. The average molecular weight is 373 g/mol. The summed E-state index contributed by atoms with van der Waals surface area (Å²) in [6.07, 6.45) is 0.832. The van der Waals surface area contributed by atoms with Crippen LogP contribution in [0.15, 0.2) is 48.5 Å². The minimum atomic E-state index is -0.682. The summed E-state index contributed by atoms with van der Waals surface area (Å²) >= 11 is 0. The van der Waals surface area contributed by atoms with Crippen LogP contribution in [0.1, 0.15) is 23.7 Å². The van der Waals surface area contributed by atoms with Crippen molar-refractivity contribution in [3.05, 3.63) is 64.2 Å². The largest absolute Gasteiger partial charge is 0.490 e. The van der Waals surface area contributed by atoms with Crippen LogP contribution in [-0.2, 0) is 4.79 Å². The van der Waals surface area contributed by atoms with Crippen LogP contribution >= 0.6 is 0 Å². The zero-order valence-electron chi connectivity index (χ0n) is 14.6. The number of hydrogen-bond donors (Lipinski definition) is 2. The summed E-state index contributed by atoms with van der Waals surface area (Å²) in [5, 5.41) is 10.7. The fourth-order valence-electron chi connectivity index (χ4n) is 2.04. The molecule has 0 radical (unpaired) electrons. The summed E-state index contributed by atoms with van der Waals surface area (Å²) in [5.41, 5.74) is 4.19. The summed E-state index contributed by atoms with van der Waals surface area (Å²) in [6.45, 7) is 2.15. The number of hydrogen-bond acceptors (Lipinski definition) is 6. The van der Waals surface area contributed by atoms with E-state index >= 15 is 0 Å². The monoisotopic (exact) mass is 373 g/mol. The second-order valence-electron chi connectivity index (χ2n) is 5.39. The van der Waals surface area contributed by atoms with Gasteiger partial charge in [-0.05, 0) is 24.6 Å². The number of rotatable bonds is 8. The molecule has 2 amide bonds. The van der Waals surface area contributed by atoms with E-state index in [1.165, 1.54) is 18.2 Å². The first-order valence-electron chi connectivity index (χ1n) is 8.19. The lowest BCUT2D eigenvalue weighted by atomic mass is 10.2. The minimum absolute atomic E-state index is 0.0451. The molecule has 2 aromatic rings. The van der Waals surface area contributed by atoms with Crippen LogP contribution in [-0.4, -0.2) is 30.0 Å². The Morgan fingerprint density at radius 1 is 1.04 bits per heavy atom. The van der Waals surface area contributed by atoms with Crippen LogP contribution in [0.5, 0.6) is 11.5 Å². The van der Waals surface area contributed by atoms with Crippen molar-refractivity contribution in [2.45, 2.75) is 13.3 Å². The van der Waals surface area contributed by atoms with E-state index in [2.05, 4.69) is 10.9 Å². The molecule has 9 heteroatoms. The Morgan fingerprint density at radius 3 is 2.41 bits per heavy atom. The Hall–Kier alpha value is -3.62. The fourth-order valence-corrected chi connectivity index (χ4v) is 2.04. The molecule has 0 aliphatic carbocycles. The summed E-state index contributed by atoms with van der Waals surface area (Å²) in [4.78, 5) is 33.9. The highest BCUT2D eigenvalue weighted by molar-refractivity contribution is 5.96. The zero-order valence-corrected chi connectivity index (χ0v) is 14.6. The molecule has 0 saturated heterocycles. The predicted octanol–water partition coefficient (Wildman–Crippen LogP) is 2.22. The normalized spacial score (nSPS) is 9.96. The number of ether oxygens (including phenoxy) is 2. The van der Waals surface area contributed by atoms with E-state index < -0.39 is 16.7 Å². The molecule has 0 aliphatic heterocycles. The first kappa shape index (κ1) is 19.7. The second-order valence-corrected chi connectivity index (χ2v) is 5.39. The molecule has 0 saturated carbocycles. The molecule has 9 nitrogen and oxygen atoms in total. The molecule has 0 heterocycles. The third-order valence-corrected chi connectivity index (χ3v) is 3.30. The smallest absolute Gasteiger partial charge is 0.276 e. The number of carbonyl (C=O) groups excluding carboxylic acids is 2. The van der Waals surface area contributed by atoms with Gasteiger partial charge in [0, 0.05) is 17.7 Å². The molecule has 0 bridgehead atoms. The van der Waals surface area contributed by atoms with E-state index in [0.29, 0.717) is 18.1 Å². The molecule has 0 unspecified atom stereocenters. The molecule has 2 rings (SSSR count).